The van der Waals surface area contributed by atoms with Crippen molar-refractivity contribution in [1.82, 2.24) is 9.78 Å². The van der Waals surface area contributed by atoms with Crippen molar-refractivity contribution >= 4 is 11.6 Å². The second-order valence-electron chi connectivity index (χ2n) is 4.94. The maximum absolute atomic E-state index is 6.23. The Hall–Kier alpha value is -0.500. The maximum Gasteiger partial charge on any atom is 0.0624 e. The van der Waals surface area contributed by atoms with Crippen LogP contribution in [0.4, 0.5) is 0 Å². The van der Waals surface area contributed by atoms with Gasteiger partial charge in [0.15, 0.2) is 0 Å². The van der Waals surface area contributed by atoms with Gasteiger partial charge >= 0.3 is 0 Å². The van der Waals surface area contributed by atoms with Crippen LogP contribution in [0, 0.1) is 5.92 Å². The summed E-state index contributed by atoms with van der Waals surface area (Å²) in [7, 11) is 2.05. The predicted molar refractivity (Wildman–Crippen MR) is 67.9 cm³/mol. The largest absolute Gasteiger partial charge is 0.272 e. The molecule has 1 heterocycles. The molecule has 0 spiro atoms. The lowest BCUT2D eigenvalue weighted by Gasteiger charge is -2.25. The molecule has 1 fully saturated rings. The van der Waals surface area contributed by atoms with E-state index in [9.17, 15) is 0 Å². The summed E-state index contributed by atoms with van der Waals surface area (Å²) in [6, 6.07) is 2.25. The second kappa shape index (κ2) is 5.22. The van der Waals surface area contributed by atoms with Crippen LogP contribution in [0.15, 0.2) is 6.07 Å². The summed E-state index contributed by atoms with van der Waals surface area (Å²) in [5.74, 6) is 0.761. The van der Waals surface area contributed by atoms with Crippen LogP contribution in [0.3, 0.4) is 0 Å². The standard InChI is InChI=1S/C13H21ClN2/c1-3-12-9-13(16(2)15-12)8-10-5-4-6-11(14)7-10/h9-11H,3-8H2,1-2H3. The van der Waals surface area contributed by atoms with E-state index in [1.807, 2.05) is 4.68 Å². The van der Waals surface area contributed by atoms with Crippen molar-refractivity contribution in [1.29, 1.82) is 0 Å². The molecule has 90 valence electrons. The molecule has 1 aromatic heterocycles. The fourth-order valence-corrected chi connectivity index (χ4v) is 3.05. The summed E-state index contributed by atoms with van der Waals surface area (Å²) in [6.07, 6.45) is 7.16. The number of aryl methyl sites for hydroxylation is 2. The fourth-order valence-electron chi connectivity index (χ4n) is 2.64. The van der Waals surface area contributed by atoms with Crippen LogP contribution < -0.4 is 0 Å². The maximum atomic E-state index is 6.23. The highest BCUT2D eigenvalue weighted by molar-refractivity contribution is 6.20. The third-order valence-corrected chi connectivity index (χ3v) is 4.00. The minimum atomic E-state index is 0.401. The van der Waals surface area contributed by atoms with Crippen molar-refractivity contribution in [2.75, 3.05) is 0 Å². The van der Waals surface area contributed by atoms with Gasteiger partial charge in [0.25, 0.3) is 0 Å². The molecule has 1 aromatic rings. The van der Waals surface area contributed by atoms with Crippen LogP contribution in [0.2, 0.25) is 0 Å². The van der Waals surface area contributed by atoms with Gasteiger partial charge in [0.05, 0.1) is 5.69 Å². The first kappa shape index (κ1) is 12.0. The Kier molecular flexibility index (Phi) is 3.91. The molecule has 1 aliphatic rings. The summed E-state index contributed by atoms with van der Waals surface area (Å²) in [5.41, 5.74) is 2.57. The number of alkyl halides is 1. The molecule has 0 aromatic carbocycles. The third kappa shape index (κ3) is 2.79. The zero-order valence-corrected chi connectivity index (χ0v) is 11.0. The van der Waals surface area contributed by atoms with Gasteiger partial charge in [-0.1, -0.05) is 13.3 Å². The van der Waals surface area contributed by atoms with Gasteiger partial charge in [0, 0.05) is 18.1 Å². The van der Waals surface area contributed by atoms with Crippen LogP contribution >= 0.6 is 11.6 Å². The lowest BCUT2D eigenvalue weighted by molar-refractivity contribution is 0.355. The summed E-state index contributed by atoms with van der Waals surface area (Å²) >= 11 is 6.23. The number of hydrogen-bond donors (Lipinski definition) is 0. The second-order valence-corrected chi connectivity index (χ2v) is 5.56. The first-order valence-corrected chi connectivity index (χ1v) is 6.78. The number of hydrogen-bond acceptors (Lipinski definition) is 1. The van der Waals surface area contributed by atoms with Crippen LogP contribution in [-0.4, -0.2) is 15.2 Å². The Labute approximate surface area is 103 Å². The summed E-state index contributed by atoms with van der Waals surface area (Å²) in [4.78, 5) is 0. The Morgan fingerprint density at radius 2 is 2.31 bits per heavy atom. The molecule has 0 aliphatic heterocycles. The van der Waals surface area contributed by atoms with Crippen molar-refractivity contribution in [3.63, 3.8) is 0 Å². The molecule has 2 rings (SSSR count). The minimum absolute atomic E-state index is 0.401. The van der Waals surface area contributed by atoms with Crippen LogP contribution in [-0.2, 0) is 19.9 Å². The topological polar surface area (TPSA) is 17.8 Å². The smallest absolute Gasteiger partial charge is 0.0624 e. The highest BCUT2D eigenvalue weighted by Crippen LogP contribution is 2.30. The monoisotopic (exact) mass is 240 g/mol. The van der Waals surface area contributed by atoms with E-state index >= 15 is 0 Å². The molecule has 1 saturated carbocycles. The molecule has 0 bridgehead atoms. The number of rotatable bonds is 3. The molecule has 0 amide bonds. The molecule has 1 aliphatic carbocycles. The molecule has 0 saturated heterocycles. The first-order valence-electron chi connectivity index (χ1n) is 6.35. The molecular weight excluding hydrogens is 220 g/mol. The van der Waals surface area contributed by atoms with E-state index in [0.717, 1.165) is 18.8 Å². The van der Waals surface area contributed by atoms with E-state index in [1.54, 1.807) is 0 Å². The minimum Gasteiger partial charge on any atom is -0.272 e. The van der Waals surface area contributed by atoms with Crippen LogP contribution in [0.1, 0.15) is 44.0 Å². The molecular formula is C13H21ClN2. The highest BCUT2D eigenvalue weighted by Gasteiger charge is 2.21. The van der Waals surface area contributed by atoms with Crippen molar-refractivity contribution < 1.29 is 0 Å². The zero-order chi connectivity index (χ0) is 11.5. The van der Waals surface area contributed by atoms with Crippen LogP contribution in [0.25, 0.3) is 0 Å². The summed E-state index contributed by atoms with van der Waals surface area (Å²) in [5, 5.41) is 4.90. The Morgan fingerprint density at radius 3 is 2.94 bits per heavy atom. The third-order valence-electron chi connectivity index (χ3n) is 3.61. The van der Waals surface area contributed by atoms with Gasteiger partial charge in [-0.15, -0.1) is 11.6 Å². The first-order chi connectivity index (χ1) is 7.69. The molecule has 16 heavy (non-hydrogen) atoms. The Bertz CT molecular complexity index is 346. The normalized spacial score (nSPS) is 25.9. The van der Waals surface area contributed by atoms with E-state index in [-0.39, 0.29) is 0 Å². The van der Waals surface area contributed by atoms with E-state index in [1.165, 1.54) is 37.1 Å². The molecule has 3 heteroatoms. The van der Waals surface area contributed by atoms with Gasteiger partial charge in [-0.25, -0.2) is 0 Å². The average molecular weight is 241 g/mol. The fraction of sp³-hybridized carbons (Fsp3) is 0.769. The highest BCUT2D eigenvalue weighted by atomic mass is 35.5. The van der Waals surface area contributed by atoms with Gasteiger partial charge in [-0.3, -0.25) is 4.68 Å². The lowest BCUT2D eigenvalue weighted by atomic mass is 9.86. The van der Waals surface area contributed by atoms with Gasteiger partial charge in [0.2, 0.25) is 0 Å². The summed E-state index contributed by atoms with van der Waals surface area (Å²) < 4.78 is 2.04. The quantitative estimate of drug-likeness (QED) is 0.742. The summed E-state index contributed by atoms with van der Waals surface area (Å²) in [6.45, 7) is 2.15. The van der Waals surface area contributed by atoms with E-state index in [4.69, 9.17) is 11.6 Å². The van der Waals surface area contributed by atoms with E-state index in [2.05, 4.69) is 25.1 Å². The Morgan fingerprint density at radius 1 is 1.50 bits per heavy atom. The molecule has 2 unspecified atom stereocenters. The lowest BCUT2D eigenvalue weighted by Crippen LogP contribution is -2.18. The van der Waals surface area contributed by atoms with Gasteiger partial charge in [-0.05, 0) is 44.1 Å². The van der Waals surface area contributed by atoms with Crippen molar-refractivity contribution in [3.8, 4) is 0 Å². The molecule has 2 nitrogen and oxygen atoms in total. The molecule has 2 atom stereocenters. The number of halogens is 1. The van der Waals surface area contributed by atoms with Crippen LogP contribution in [0.5, 0.6) is 0 Å². The van der Waals surface area contributed by atoms with Gasteiger partial charge in [-0.2, -0.15) is 5.10 Å². The molecule has 0 N–H and O–H groups in total. The van der Waals surface area contributed by atoms with Gasteiger partial charge < -0.3 is 0 Å². The van der Waals surface area contributed by atoms with E-state index in [0.29, 0.717) is 5.38 Å². The predicted octanol–water partition coefficient (Wildman–Crippen LogP) is 3.32. The zero-order valence-electron chi connectivity index (χ0n) is 10.2. The van der Waals surface area contributed by atoms with E-state index < -0.39 is 0 Å². The molecule has 0 radical (unpaired) electrons. The average Bonchev–Trinajstić information content (AvgIpc) is 2.60. The van der Waals surface area contributed by atoms with Gasteiger partial charge in [0.1, 0.15) is 0 Å². The van der Waals surface area contributed by atoms with Crippen molar-refractivity contribution in [3.05, 3.63) is 17.5 Å². The number of nitrogens with zero attached hydrogens (tertiary/aromatic N) is 2. The Balaban J connectivity index is 1.99. The number of aromatic nitrogens is 2. The SMILES string of the molecule is CCc1cc(CC2CCCC(Cl)C2)n(C)n1. The van der Waals surface area contributed by atoms with Crippen molar-refractivity contribution in [2.24, 2.45) is 13.0 Å². The van der Waals surface area contributed by atoms with Crippen molar-refractivity contribution in [2.45, 2.75) is 50.8 Å².